The number of piperidine rings is 1. The molecule has 20 heavy (non-hydrogen) atoms. The van der Waals surface area contributed by atoms with Crippen LogP contribution < -0.4 is 0 Å². The number of aryl methyl sites for hydroxylation is 1. The third-order valence-electron chi connectivity index (χ3n) is 4.69. The molecule has 5 nitrogen and oxygen atoms in total. The van der Waals surface area contributed by atoms with E-state index in [1.54, 1.807) is 0 Å². The van der Waals surface area contributed by atoms with Gasteiger partial charge in [0.15, 0.2) is 0 Å². The van der Waals surface area contributed by atoms with Crippen molar-refractivity contribution in [2.75, 3.05) is 20.1 Å². The van der Waals surface area contributed by atoms with Crippen LogP contribution in [0.3, 0.4) is 0 Å². The Balaban J connectivity index is 1.71. The van der Waals surface area contributed by atoms with Crippen LogP contribution in [0.5, 0.6) is 0 Å². The van der Waals surface area contributed by atoms with Crippen molar-refractivity contribution in [2.24, 2.45) is 5.92 Å². The largest absolute Gasteiger partial charge is 0.481 e. The Morgan fingerprint density at radius 3 is 2.80 bits per heavy atom. The van der Waals surface area contributed by atoms with Gasteiger partial charge in [0.25, 0.3) is 0 Å². The van der Waals surface area contributed by atoms with Gasteiger partial charge in [0.05, 0.1) is 5.69 Å². The fourth-order valence-electron chi connectivity index (χ4n) is 3.43. The highest BCUT2D eigenvalue weighted by molar-refractivity contribution is 5.75. The van der Waals surface area contributed by atoms with Gasteiger partial charge in [-0.3, -0.25) is 4.79 Å². The second-order valence-electron chi connectivity index (χ2n) is 6.27. The normalized spacial score (nSPS) is 24.6. The van der Waals surface area contributed by atoms with E-state index in [-0.39, 0.29) is 0 Å². The van der Waals surface area contributed by atoms with E-state index in [0.29, 0.717) is 5.92 Å². The predicted molar refractivity (Wildman–Crippen MR) is 75.8 cm³/mol. The molecule has 3 rings (SSSR count). The number of hydrogen-bond donors (Lipinski definition) is 1. The first-order valence-electron chi connectivity index (χ1n) is 7.61. The van der Waals surface area contributed by atoms with Gasteiger partial charge >= 0.3 is 5.97 Å². The summed E-state index contributed by atoms with van der Waals surface area (Å²) in [7, 11) is 2.17. The fraction of sp³-hybridized carbons (Fsp3) is 0.733. The highest BCUT2D eigenvalue weighted by atomic mass is 16.4. The van der Waals surface area contributed by atoms with Gasteiger partial charge in [-0.05, 0) is 58.2 Å². The Labute approximate surface area is 119 Å². The summed E-state index contributed by atoms with van der Waals surface area (Å²) < 4.78 is 2.06. The number of aliphatic carboxylic acids is 1. The van der Waals surface area contributed by atoms with Crippen LogP contribution in [-0.4, -0.2) is 45.7 Å². The highest BCUT2D eigenvalue weighted by Crippen LogP contribution is 2.28. The summed E-state index contributed by atoms with van der Waals surface area (Å²) in [4.78, 5) is 18.3. The van der Waals surface area contributed by atoms with Crippen molar-refractivity contribution in [1.82, 2.24) is 14.5 Å². The second-order valence-corrected chi connectivity index (χ2v) is 6.27. The number of imidazole rings is 1. The molecule has 1 unspecified atom stereocenters. The molecule has 0 bridgehead atoms. The molecule has 1 aromatic rings. The maximum Gasteiger partial charge on any atom is 0.314 e. The smallest absolute Gasteiger partial charge is 0.314 e. The standard InChI is InChI=1S/C15H23N3O2/c1-17-7-4-11(5-8-17)9-12-10-18-6-2-3-13(15(19)20)14(18)16-12/h10-11,13H,2-9H2,1H3,(H,19,20). The number of rotatable bonds is 3. The van der Waals surface area contributed by atoms with Crippen molar-refractivity contribution >= 4 is 5.97 Å². The minimum atomic E-state index is -0.734. The molecular formula is C15H23N3O2. The van der Waals surface area contributed by atoms with Crippen LogP contribution in [0.15, 0.2) is 6.20 Å². The Morgan fingerprint density at radius 1 is 1.35 bits per heavy atom. The van der Waals surface area contributed by atoms with Crippen LogP contribution >= 0.6 is 0 Å². The van der Waals surface area contributed by atoms with Crippen molar-refractivity contribution < 1.29 is 9.90 Å². The SMILES string of the molecule is CN1CCC(Cc2cn3c(n2)C(C(=O)O)CCC3)CC1. The molecule has 3 heterocycles. The molecule has 0 amide bonds. The van der Waals surface area contributed by atoms with E-state index in [1.165, 1.54) is 12.8 Å². The maximum atomic E-state index is 11.3. The Bertz CT molecular complexity index is 489. The number of likely N-dealkylation sites (tertiary alicyclic amines) is 1. The Hall–Kier alpha value is -1.36. The molecule has 0 saturated carbocycles. The lowest BCUT2D eigenvalue weighted by Crippen LogP contribution is -2.31. The summed E-state index contributed by atoms with van der Waals surface area (Å²) in [5.74, 6) is 0.329. The molecule has 0 radical (unpaired) electrons. The zero-order valence-corrected chi connectivity index (χ0v) is 12.1. The van der Waals surface area contributed by atoms with E-state index < -0.39 is 11.9 Å². The van der Waals surface area contributed by atoms with Gasteiger partial charge in [0.2, 0.25) is 0 Å². The number of carboxylic acids is 1. The van der Waals surface area contributed by atoms with Crippen molar-refractivity contribution in [3.8, 4) is 0 Å². The van der Waals surface area contributed by atoms with Gasteiger partial charge in [0, 0.05) is 12.7 Å². The number of carbonyl (C=O) groups is 1. The predicted octanol–water partition coefficient (Wildman–Crippen LogP) is 1.73. The van der Waals surface area contributed by atoms with Gasteiger partial charge in [-0.15, -0.1) is 0 Å². The van der Waals surface area contributed by atoms with E-state index in [1.807, 2.05) is 0 Å². The van der Waals surface area contributed by atoms with Gasteiger partial charge in [-0.25, -0.2) is 4.98 Å². The third-order valence-corrected chi connectivity index (χ3v) is 4.69. The summed E-state index contributed by atoms with van der Waals surface area (Å²) in [6.07, 6.45) is 7.19. The molecular weight excluding hydrogens is 254 g/mol. The third kappa shape index (κ3) is 2.73. The molecule has 0 aromatic carbocycles. The van der Waals surface area contributed by atoms with Gasteiger partial charge in [-0.1, -0.05) is 0 Å². The summed E-state index contributed by atoms with van der Waals surface area (Å²) in [6.45, 7) is 3.24. The van der Waals surface area contributed by atoms with Crippen LogP contribution in [0, 0.1) is 5.92 Å². The molecule has 0 spiro atoms. The molecule has 1 fully saturated rings. The quantitative estimate of drug-likeness (QED) is 0.914. The van der Waals surface area contributed by atoms with Gasteiger partial charge in [-0.2, -0.15) is 0 Å². The number of hydrogen-bond acceptors (Lipinski definition) is 3. The summed E-state index contributed by atoms with van der Waals surface area (Å²) in [6, 6.07) is 0. The summed E-state index contributed by atoms with van der Waals surface area (Å²) in [5.41, 5.74) is 1.09. The van der Waals surface area contributed by atoms with E-state index >= 15 is 0 Å². The van der Waals surface area contributed by atoms with Crippen molar-refractivity contribution in [3.63, 3.8) is 0 Å². The molecule has 5 heteroatoms. The average molecular weight is 277 g/mol. The number of nitrogens with zero attached hydrogens (tertiary/aromatic N) is 3. The number of aromatic nitrogens is 2. The first-order chi connectivity index (χ1) is 9.63. The molecule has 1 saturated heterocycles. The van der Waals surface area contributed by atoms with Crippen LogP contribution in [0.1, 0.15) is 43.1 Å². The molecule has 0 aliphatic carbocycles. The summed E-state index contributed by atoms with van der Waals surface area (Å²) in [5, 5.41) is 9.29. The van der Waals surface area contributed by atoms with Crippen LogP contribution in [-0.2, 0) is 17.8 Å². The van der Waals surface area contributed by atoms with E-state index in [0.717, 1.165) is 50.4 Å². The average Bonchev–Trinajstić information content (AvgIpc) is 2.83. The lowest BCUT2D eigenvalue weighted by atomic mass is 9.93. The van der Waals surface area contributed by atoms with E-state index in [2.05, 4.69) is 27.7 Å². The van der Waals surface area contributed by atoms with Crippen molar-refractivity contribution in [1.29, 1.82) is 0 Å². The first kappa shape index (κ1) is 13.6. The molecule has 1 atom stereocenters. The zero-order valence-electron chi connectivity index (χ0n) is 12.1. The number of fused-ring (bicyclic) bond motifs is 1. The lowest BCUT2D eigenvalue weighted by Gasteiger charge is -2.28. The topological polar surface area (TPSA) is 58.4 Å². The van der Waals surface area contributed by atoms with Crippen LogP contribution in [0.2, 0.25) is 0 Å². The van der Waals surface area contributed by atoms with Crippen molar-refractivity contribution in [3.05, 3.63) is 17.7 Å². The Morgan fingerprint density at radius 2 is 2.10 bits per heavy atom. The first-order valence-corrected chi connectivity index (χ1v) is 7.61. The fourth-order valence-corrected chi connectivity index (χ4v) is 3.43. The molecule has 110 valence electrons. The minimum absolute atomic E-state index is 0.407. The van der Waals surface area contributed by atoms with Gasteiger partial charge in [0.1, 0.15) is 11.7 Å². The van der Waals surface area contributed by atoms with E-state index in [9.17, 15) is 9.90 Å². The Kier molecular flexibility index (Phi) is 3.78. The van der Waals surface area contributed by atoms with Crippen molar-refractivity contribution in [2.45, 2.75) is 44.6 Å². The van der Waals surface area contributed by atoms with Gasteiger partial charge < -0.3 is 14.6 Å². The second kappa shape index (κ2) is 5.56. The lowest BCUT2D eigenvalue weighted by molar-refractivity contribution is -0.139. The van der Waals surface area contributed by atoms with Crippen LogP contribution in [0.4, 0.5) is 0 Å². The highest BCUT2D eigenvalue weighted by Gasteiger charge is 2.29. The van der Waals surface area contributed by atoms with Crippen LogP contribution in [0.25, 0.3) is 0 Å². The maximum absolute atomic E-state index is 11.3. The zero-order chi connectivity index (χ0) is 14.1. The summed E-state index contributed by atoms with van der Waals surface area (Å²) >= 11 is 0. The minimum Gasteiger partial charge on any atom is -0.481 e. The molecule has 2 aliphatic rings. The molecule has 1 aromatic heterocycles. The molecule has 1 N–H and O–H groups in total. The molecule has 2 aliphatic heterocycles. The van der Waals surface area contributed by atoms with E-state index in [4.69, 9.17) is 0 Å². The number of carboxylic acid groups (broad SMARTS) is 1. The monoisotopic (exact) mass is 277 g/mol.